The van der Waals surface area contributed by atoms with Crippen LogP contribution >= 0.6 is 0 Å². The summed E-state index contributed by atoms with van der Waals surface area (Å²) in [5.74, 6) is -0.617. The van der Waals surface area contributed by atoms with E-state index in [-0.39, 0.29) is 5.56 Å². The van der Waals surface area contributed by atoms with Crippen LogP contribution in [-0.4, -0.2) is 16.1 Å². The lowest BCUT2D eigenvalue weighted by Gasteiger charge is -2.02. The van der Waals surface area contributed by atoms with E-state index in [0.29, 0.717) is 16.7 Å². The molecule has 0 amide bonds. The van der Waals surface area contributed by atoms with Gasteiger partial charge < -0.3 is 14.5 Å². The fourth-order valence-electron chi connectivity index (χ4n) is 1.97. The molecule has 3 rings (SSSR count). The van der Waals surface area contributed by atoms with Crippen LogP contribution < -0.4 is 5.43 Å². The van der Waals surface area contributed by atoms with Gasteiger partial charge in [-0.3, -0.25) is 4.79 Å². The number of pyridine rings is 1. The number of nitrogens with one attached hydrogen (secondary N) is 1. The number of benzene rings is 1. The van der Waals surface area contributed by atoms with Gasteiger partial charge in [-0.2, -0.15) is 0 Å². The number of aromatic carboxylic acids is 1. The molecule has 2 N–H and O–H groups in total. The Hall–Kier alpha value is -2.82. The molecule has 1 aromatic carbocycles. The molecular weight excluding hydrogens is 246 g/mol. The second-order valence-electron chi connectivity index (χ2n) is 4.07. The lowest BCUT2D eigenvalue weighted by molar-refractivity contribution is 0.0695. The smallest absolute Gasteiger partial charge is 0.341 e. The predicted octanol–water partition coefficient (Wildman–Crippen LogP) is 2.49. The van der Waals surface area contributed by atoms with E-state index in [0.717, 1.165) is 5.56 Å². The van der Waals surface area contributed by atoms with Crippen molar-refractivity contribution in [3.63, 3.8) is 0 Å². The van der Waals surface area contributed by atoms with Crippen molar-refractivity contribution in [2.24, 2.45) is 0 Å². The van der Waals surface area contributed by atoms with Gasteiger partial charge in [0.05, 0.1) is 6.26 Å². The van der Waals surface area contributed by atoms with E-state index in [4.69, 9.17) is 9.52 Å². The average molecular weight is 255 g/mol. The average Bonchev–Trinajstić information content (AvgIpc) is 2.92. The first-order chi connectivity index (χ1) is 9.16. The van der Waals surface area contributed by atoms with Crippen LogP contribution in [0.15, 0.2) is 52.0 Å². The number of carbonyl (C=O) groups is 1. The Morgan fingerprint density at radius 1 is 1.26 bits per heavy atom. The molecule has 0 aliphatic rings. The zero-order valence-electron chi connectivity index (χ0n) is 9.71. The first kappa shape index (κ1) is 11.3. The number of hydrogen-bond donors (Lipinski definition) is 2. The Balaban J connectivity index is 2.30. The third kappa shape index (κ3) is 1.81. The van der Waals surface area contributed by atoms with Crippen LogP contribution in [0.3, 0.4) is 0 Å². The molecule has 2 heterocycles. The second-order valence-corrected chi connectivity index (χ2v) is 4.07. The number of furan rings is 1. The largest absolute Gasteiger partial charge is 0.477 e. The van der Waals surface area contributed by atoms with Crippen molar-refractivity contribution in [1.82, 2.24) is 4.98 Å². The molecule has 2 aromatic heterocycles. The van der Waals surface area contributed by atoms with Crippen molar-refractivity contribution in [2.75, 3.05) is 0 Å². The zero-order chi connectivity index (χ0) is 13.4. The van der Waals surface area contributed by atoms with Crippen LogP contribution in [0.25, 0.3) is 22.2 Å². The van der Waals surface area contributed by atoms with E-state index in [2.05, 4.69) is 4.98 Å². The van der Waals surface area contributed by atoms with Gasteiger partial charge >= 0.3 is 5.97 Å². The van der Waals surface area contributed by atoms with E-state index in [9.17, 15) is 9.59 Å². The molecule has 0 radical (unpaired) electrons. The van der Waals surface area contributed by atoms with Crippen molar-refractivity contribution in [2.45, 2.75) is 0 Å². The summed E-state index contributed by atoms with van der Waals surface area (Å²) < 4.78 is 5.26. The summed E-state index contributed by atoms with van der Waals surface area (Å²) in [7, 11) is 0. The molecule has 5 nitrogen and oxygen atoms in total. The number of rotatable bonds is 2. The van der Waals surface area contributed by atoms with Crippen molar-refractivity contribution < 1.29 is 14.3 Å². The van der Waals surface area contributed by atoms with Gasteiger partial charge in [-0.25, -0.2) is 4.79 Å². The van der Waals surface area contributed by atoms with Gasteiger partial charge in [0, 0.05) is 22.7 Å². The number of hydrogen-bond acceptors (Lipinski definition) is 3. The topological polar surface area (TPSA) is 83.3 Å². The summed E-state index contributed by atoms with van der Waals surface area (Å²) >= 11 is 0. The molecule has 0 unspecified atom stereocenters. The van der Waals surface area contributed by atoms with Crippen LogP contribution in [0.5, 0.6) is 0 Å². The van der Waals surface area contributed by atoms with Crippen LogP contribution in [0.2, 0.25) is 0 Å². The Morgan fingerprint density at radius 3 is 2.79 bits per heavy atom. The van der Waals surface area contributed by atoms with Crippen molar-refractivity contribution in [3.8, 4) is 11.3 Å². The second kappa shape index (κ2) is 4.13. The molecule has 0 atom stereocenters. The van der Waals surface area contributed by atoms with E-state index in [1.807, 2.05) is 0 Å². The van der Waals surface area contributed by atoms with Gasteiger partial charge in [0.1, 0.15) is 11.3 Å². The maximum atomic E-state index is 12.1. The molecule has 0 saturated heterocycles. The fourth-order valence-corrected chi connectivity index (χ4v) is 1.97. The van der Waals surface area contributed by atoms with Crippen molar-refractivity contribution in [1.29, 1.82) is 0 Å². The molecular formula is C14H9NO4. The van der Waals surface area contributed by atoms with Gasteiger partial charge in [0.2, 0.25) is 5.43 Å². The van der Waals surface area contributed by atoms with E-state index in [1.54, 1.807) is 30.3 Å². The minimum atomic E-state index is -1.24. The minimum Gasteiger partial charge on any atom is -0.477 e. The van der Waals surface area contributed by atoms with E-state index in [1.165, 1.54) is 12.5 Å². The van der Waals surface area contributed by atoms with Crippen molar-refractivity contribution in [3.05, 3.63) is 58.6 Å². The highest BCUT2D eigenvalue weighted by Crippen LogP contribution is 2.22. The van der Waals surface area contributed by atoms with Gasteiger partial charge in [-0.15, -0.1) is 0 Å². The maximum absolute atomic E-state index is 12.1. The Morgan fingerprint density at radius 2 is 2.11 bits per heavy atom. The summed E-state index contributed by atoms with van der Waals surface area (Å²) in [5.41, 5.74) is 0.537. The lowest BCUT2D eigenvalue weighted by atomic mass is 10.1. The Labute approximate surface area is 107 Å². The number of aromatic nitrogens is 1. The van der Waals surface area contributed by atoms with E-state index < -0.39 is 11.4 Å². The summed E-state index contributed by atoms with van der Waals surface area (Å²) in [4.78, 5) is 25.8. The Kier molecular flexibility index (Phi) is 2.45. The minimum absolute atomic E-state index is 0.274. The van der Waals surface area contributed by atoms with Gasteiger partial charge in [-0.05, 0) is 30.3 Å². The molecule has 0 aliphatic carbocycles. The molecule has 3 aromatic rings. The molecule has 5 heteroatoms. The van der Waals surface area contributed by atoms with Crippen LogP contribution in [0, 0.1) is 0 Å². The van der Waals surface area contributed by atoms with Gasteiger partial charge in [0.15, 0.2) is 0 Å². The van der Waals surface area contributed by atoms with Crippen LogP contribution in [-0.2, 0) is 0 Å². The molecule has 0 saturated carbocycles. The normalized spacial score (nSPS) is 10.7. The third-order valence-corrected chi connectivity index (χ3v) is 2.92. The maximum Gasteiger partial charge on any atom is 0.341 e. The number of fused-ring (bicyclic) bond motifs is 1. The number of carboxylic acid groups (broad SMARTS) is 1. The lowest BCUT2D eigenvalue weighted by Crippen LogP contribution is -2.15. The highest BCUT2D eigenvalue weighted by atomic mass is 16.4. The molecule has 0 aliphatic heterocycles. The molecule has 0 spiro atoms. The monoisotopic (exact) mass is 255 g/mol. The molecule has 94 valence electrons. The van der Waals surface area contributed by atoms with Gasteiger partial charge in [0.25, 0.3) is 0 Å². The predicted molar refractivity (Wildman–Crippen MR) is 69.2 cm³/mol. The van der Waals surface area contributed by atoms with Crippen molar-refractivity contribution >= 4 is 16.9 Å². The molecule has 0 fully saturated rings. The summed E-state index contributed by atoms with van der Waals surface area (Å²) in [6.45, 7) is 0. The van der Waals surface area contributed by atoms with Crippen LogP contribution in [0.1, 0.15) is 10.4 Å². The number of carboxylic acids is 1. The first-order valence-electron chi connectivity index (χ1n) is 5.59. The summed E-state index contributed by atoms with van der Waals surface area (Å²) in [6, 6.07) is 8.67. The number of H-pyrrole nitrogens is 1. The SMILES string of the molecule is O=C(O)c1c[nH]c2ccc(-c3ccco3)cc2c1=O. The van der Waals surface area contributed by atoms with Crippen LogP contribution in [0.4, 0.5) is 0 Å². The summed E-state index contributed by atoms with van der Waals surface area (Å²) in [6.07, 6.45) is 2.75. The Bertz CT molecular complexity index is 815. The fraction of sp³-hybridized carbons (Fsp3) is 0. The summed E-state index contributed by atoms with van der Waals surface area (Å²) in [5, 5.41) is 9.27. The highest BCUT2D eigenvalue weighted by molar-refractivity contribution is 5.93. The van der Waals surface area contributed by atoms with E-state index >= 15 is 0 Å². The van der Waals surface area contributed by atoms with Gasteiger partial charge in [-0.1, -0.05) is 0 Å². The molecule has 0 bridgehead atoms. The standard InChI is InChI=1S/C14H9NO4/c16-13-9-6-8(12-2-1-5-19-12)3-4-11(9)15-7-10(13)14(17)18/h1-7H,(H,15,16)(H,17,18). The highest BCUT2D eigenvalue weighted by Gasteiger charge is 2.12. The quantitative estimate of drug-likeness (QED) is 0.736. The number of aromatic amines is 1. The first-order valence-corrected chi connectivity index (χ1v) is 5.59. The molecule has 19 heavy (non-hydrogen) atoms. The zero-order valence-corrected chi connectivity index (χ0v) is 9.71. The third-order valence-electron chi connectivity index (χ3n) is 2.92.